The van der Waals surface area contributed by atoms with E-state index in [1.807, 2.05) is 42.2 Å². The Morgan fingerprint density at radius 1 is 1.09 bits per heavy atom. The molecule has 2 heterocycles. The Bertz CT molecular complexity index is 1160. The zero-order valence-corrected chi connectivity index (χ0v) is 20.5. The van der Waals surface area contributed by atoms with Crippen molar-refractivity contribution in [3.63, 3.8) is 0 Å². The van der Waals surface area contributed by atoms with Crippen LogP contribution < -0.4 is 10.2 Å². The highest BCUT2D eigenvalue weighted by Gasteiger charge is 2.39. The first-order valence-electron chi connectivity index (χ1n) is 12.0. The molecule has 0 aromatic heterocycles. The van der Waals surface area contributed by atoms with E-state index >= 15 is 0 Å². The molecule has 0 bridgehead atoms. The first kappa shape index (κ1) is 24.4. The lowest BCUT2D eigenvalue weighted by atomic mass is 10.0. The van der Waals surface area contributed by atoms with E-state index < -0.39 is 12.1 Å². The number of nitrogens with one attached hydrogen (secondary N) is 1. The molecule has 0 aliphatic carbocycles. The number of rotatable bonds is 4. The molecule has 1 N–H and O–H groups in total. The first-order chi connectivity index (χ1) is 16.8. The van der Waals surface area contributed by atoms with Gasteiger partial charge in [-0.15, -0.1) is 0 Å². The van der Waals surface area contributed by atoms with E-state index in [1.165, 1.54) is 15.4 Å². The van der Waals surface area contributed by atoms with Gasteiger partial charge in [0.15, 0.2) is 5.78 Å². The van der Waals surface area contributed by atoms with Gasteiger partial charge in [-0.05, 0) is 61.1 Å². The summed E-state index contributed by atoms with van der Waals surface area (Å²) in [6, 6.07) is 12.4. The van der Waals surface area contributed by atoms with Gasteiger partial charge in [0.2, 0.25) is 5.91 Å². The van der Waals surface area contributed by atoms with Crippen LogP contribution in [0.15, 0.2) is 42.5 Å². The summed E-state index contributed by atoms with van der Waals surface area (Å²) in [4.78, 5) is 55.0. The molecule has 1 saturated heterocycles. The van der Waals surface area contributed by atoms with Crippen LogP contribution in [0.4, 0.5) is 10.5 Å². The number of amides is 4. The first-order valence-corrected chi connectivity index (χ1v) is 12.0. The molecular formula is C27H32N4O4. The molecule has 0 saturated carbocycles. The molecule has 0 spiro atoms. The number of hydrogen-bond acceptors (Lipinski definition) is 4. The third-order valence-corrected chi connectivity index (χ3v) is 6.76. The number of aryl methyl sites for hydroxylation is 2. The van der Waals surface area contributed by atoms with Crippen LogP contribution in [-0.2, 0) is 22.6 Å². The lowest BCUT2D eigenvalue weighted by Gasteiger charge is -2.26. The van der Waals surface area contributed by atoms with Gasteiger partial charge >= 0.3 is 6.03 Å². The van der Waals surface area contributed by atoms with Crippen LogP contribution in [0, 0.1) is 6.92 Å². The van der Waals surface area contributed by atoms with Gasteiger partial charge in [0, 0.05) is 44.9 Å². The minimum atomic E-state index is -0.768. The van der Waals surface area contributed by atoms with E-state index in [-0.39, 0.29) is 37.1 Å². The van der Waals surface area contributed by atoms with Crippen molar-refractivity contribution in [2.45, 2.75) is 45.2 Å². The summed E-state index contributed by atoms with van der Waals surface area (Å²) in [5.41, 5.74) is 4.53. The average molecular weight is 477 g/mol. The maximum Gasteiger partial charge on any atom is 0.318 e. The molecule has 2 aromatic carbocycles. The van der Waals surface area contributed by atoms with Gasteiger partial charge < -0.3 is 20.0 Å². The second-order valence-electron chi connectivity index (χ2n) is 9.46. The van der Waals surface area contributed by atoms with Gasteiger partial charge in [-0.25, -0.2) is 4.79 Å². The van der Waals surface area contributed by atoms with Crippen LogP contribution in [0.2, 0.25) is 0 Å². The summed E-state index contributed by atoms with van der Waals surface area (Å²) in [6.45, 7) is 2.76. The van der Waals surface area contributed by atoms with Crippen molar-refractivity contribution in [3.8, 4) is 0 Å². The summed E-state index contributed by atoms with van der Waals surface area (Å²) in [6.07, 6.45) is 3.03. The third-order valence-electron chi connectivity index (χ3n) is 6.76. The molecule has 2 aliphatic heterocycles. The minimum absolute atomic E-state index is 0.0290. The predicted molar refractivity (Wildman–Crippen MR) is 133 cm³/mol. The fourth-order valence-corrected chi connectivity index (χ4v) is 4.78. The number of anilines is 1. The Balaban J connectivity index is 1.44. The summed E-state index contributed by atoms with van der Waals surface area (Å²) in [5, 5.41) is 2.83. The van der Waals surface area contributed by atoms with E-state index in [0.717, 1.165) is 36.1 Å². The zero-order chi connectivity index (χ0) is 25.1. The zero-order valence-electron chi connectivity index (χ0n) is 20.5. The number of urea groups is 1. The molecule has 0 radical (unpaired) electrons. The van der Waals surface area contributed by atoms with Crippen LogP contribution in [0.1, 0.15) is 46.3 Å². The number of Topliss-reactive ketones (excluding diaryl/α,β-unsaturated/α-hetero) is 1. The van der Waals surface area contributed by atoms with Gasteiger partial charge in [0.1, 0.15) is 6.04 Å². The highest BCUT2D eigenvalue weighted by atomic mass is 16.2. The van der Waals surface area contributed by atoms with E-state index in [1.54, 1.807) is 20.2 Å². The van der Waals surface area contributed by atoms with Crippen molar-refractivity contribution in [1.82, 2.24) is 15.1 Å². The highest BCUT2D eigenvalue weighted by molar-refractivity contribution is 6.06. The topological polar surface area (TPSA) is 90.0 Å². The Morgan fingerprint density at radius 3 is 2.60 bits per heavy atom. The molecule has 184 valence electrons. The largest absolute Gasteiger partial charge is 0.347 e. The molecule has 1 atom stereocenters. The number of nitrogens with zero attached hydrogens (tertiary/aromatic N) is 3. The average Bonchev–Trinajstić information content (AvgIpc) is 3.10. The molecule has 8 heteroatoms. The number of para-hydroxylation sites is 1. The number of likely N-dealkylation sites (tertiary alicyclic amines) is 1. The standard InChI is InChI=1S/C27H32N4O4/c1-18-14-20(25(33)30-13-7-6-9-19-8-4-5-10-23(19)30)11-12-21(18)16-28-27(35)31-17-22(32)15-24(31)26(34)29(2)3/h4-5,8,10-12,14,24H,6-7,9,13,15-17H2,1-3H3,(H,28,35)/t24-/m0/s1. The normalized spacial score (nSPS) is 17.6. The number of likely N-dealkylation sites (N-methyl/N-ethyl adjacent to an activating group) is 1. The second-order valence-corrected chi connectivity index (χ2v) is 9.46. The third kappa shape index (κ3) is 5.21. The minimum Gasteiger partial charge on any atom is -0.347 e. The lowest BCUT2D eigenvalue weighted by molar-refractivity contribution is -0.133. The molecule has 4 amide bonds. The fourth-order valence-electron chi connectivity index (χ4n) is 4.78. The number of carbonyl (C=O) groups excluding carboxylic acids is 4. The maximum absolute atomic E-state index is 13.4. The molecular weight excluding hydrogens is 444 g/mol. The smallest absolute Gasteiger partial charge is 0.318 e. The van der Waals surface area contributed by atoms with Crippen molar-refractivity contribution in [2.75, 3.05) is 32.1 Å². The molecule has 35 heavy (non-hydrogen) atoms. The number of fused-ring (bicyclic) bond motifs is 1. The second kappa shape index (κ2) is 10.3. The van der Waals surface area contributed by atoms with Crippen LogP contribution >= 0.6 is 0 Å². The van der Waals surface area contributed by atoms with Crippen molar-refractivity contribution in [3.05, 3.63) is 64.7 Å². The summed E-state index contributed by atoms with van der Waals surface area (Å²) in [7, 11) is 3.22. The maximum atomic E-state index is 13.4. The molecule has 1 fully saturated rings. The van der Waals surface area contributed by atoms with Crippen molar-refractivity contribution in [2.24, 2.45) is 0 Å². The van der Waals surface area contributed by atoms with E-state index in [4.69, 9.17) is 0 Å². The van der Waals surface area contributed by atoms with Crippen LogP contribution in [0.25, 0.3) is 0 Å². The monoisotopic (exact) mass is 476 g/mol. The Morgan fingerprint density at radius 2 is 1.86 bits per heavy atom. The number of ketones is 1. The van der Waals surface area contributed by atoms with Gasteiger partial charge in [-0.1, -0.05) is 24.3 Å². The number of benzene rings is 2. The van der Waals surface area contributed by atoms with Crippen molar-refractivity contribution >= 4 is 29.3 Å². The van der Waals surface area contributed by atoms with Crippen molar-refractivity contribution < 1.29 is 19.2 Å². The quantitative estimate of drug-likeness (QED) is 0.735. The lowest BCUT2D eigenvalue weighted by Crippen LogP contribution is -2.49. The molecule has 0 unspecified atom stereocenters. The van der Waals surface area contributed by atoms with Crippen LogP contribution in [-0.4, -0.2) is 66.7 Å². The van der Waals surface area contributed by atoms with Gasteiger partial charge in [-0.2, -0.15) is 0 Å². The summed E-state index contributed by atoms with van der Waals surface area (Å²) >= 11 is 0. The van der Waals surface area contributed by atoms with Gasteiger partial charge in [0.25, 0.3) is 5.91 Å². The highest BCUT2D eigenvalue weighted by Crippen LogP contribution is 2.28. The van der Waals surface area contributed by atoms with Crippen LogP contribution in [0.3, 0.4) is 0 Å². The number of hydrogen-bond donors (Lipinski definition) is 1. The summed E-state index contributed by atoms with van der Waals surface area (Å²) < 4.78 is 0. The fraction of sp³-hybridized carbons (Fsp3) is 0.407. The van der Waals surface area contributed by atoms with Gasteiger partial charge in [-0.3, -0.25) is 14.4 Å². The molecule has 8 nitrogen and oxygen atoms in total. The Labute approximate surface area is 205 Å². The van der Waals surface area contributed by atoms with Crippen LogP contribution in [0.5, 0.6) is 0 Å². The van der Waals surface area contributed by atoms with E-state index in [0.29, 0.717) is 12.1 Å². The molecule has 4 rings (SSSR count). The number of carbonyl (C=O) groups is 4. The Kier molecular flexibility index (Phi) is 7.19. The molecule has 2 aromatic rings. The van der Waals surface area contributed by atoms with E-state index in [9.17, 15) is 19.2 Å². The Hall–Kier alpha value is -3.68. The predicted octanol–water partition coefficient (Wildman–Crippen LogP) is 2.92. The van der Waals surface area contributed by atoms with Gasteiger partial charge in [0.05, 0.1) is 6.54 Å². The van der Waals surface area contributed by atoms with E-state index in [2.05, 4.69) is 11.4 Å². The molecule has 2 aliphatic rings. The summed E-state index contributed by atoms with van der Waals surface area (Å²) in [5.74, 6) is -0.423. The SMILES string of the molecule is Cc1cc(C(=O)N2CCCCc3ccccc32)ccc1CNC(=O)N1CC(=O)C[C@H]1C(=O)N(C)C. The van der Waals surface area contributed by atoms with Crippen molar-refractivity contribution in [1.29, 1.82) is 0 Å².